The summed E-state index contributed by atoms with van der Waals surface area (Å²) in [6.07, 6.45) is 2.65. The van der Waals surface area contributed by atoms with Crippen LogP contribution in [-0.4, -0.2) is 38.1 Å². The molecule has 2 heteroatoms. The Kier molecular flexibility index (Phi) is 3.53. The summed E-state index contributed by atoms with van der Waals surface area (Å²) < 4.78 is 0. The van der Waals surface area contributed by atoms with Crippen LogP contribution < -0.4 is 5.32 Å². The lowest BCUT2D eigenvalue weighted by Gasteiger charge is -2.19. The fraction of sp³-hybridized carbons (Fsp3) is 1.00. The molecular formula is C10H22N2. The van der Waals surface area contributed by atoms with E-state index in [4.69, 9.17) is 0 Å². The summed E-state index contributed by atoms with van der Waals surface area (Å²) in [5, 5.41) is 3.19. The van der Waals surface area contributed by atoms with Crippen molar-refractivity contribution < 1.29 is 0 Å². The molecule has 0 bridgehead atoms. The quantitative estimate of drug-likeness (QED) is 0.640. The first-order valence-electron chi connectivity index (χ1n) is 5.01. The Bertz CT molecular complexity index is 132. The maximum Gasteiger partial charge on any atom is 0.00332 e. The predicted molar refractivity (Wildman–Crippen MR) is 53.4 cm³/mol. The molecule has 1 fully saturated rings. The molecule has 0 radical (unpaired) electrons. The zero-order valence-corrected chi connectivity index (χ0v) is 8.69. The molecule has 0 aliphatic carbocycles. The number of nitrogens with one attached hydrogen (secondary N) is 1. The van der Waals surface area contributed by atoms with E-state index in [1.807, 2.05) is 7.05 Å². The van der Waals surface area contributed by atoms with E-state index >= 15 is 0 Å². The molecule has 0 aromatic rings. The van der Waals surface area contributed by atoms with Crippen LogP contribution in [0.25, 0.3) is 0 Å². The maximum absolute atomic E-state index is 3.19. The highest BCUT2D eigenvalue weighted by Gasteiger charge is 2.28. The molecular weight excluding hydrogens is 148 g/mol. The van der Waals surface area contributed by atoms with Crippen LogP contribution in [0.2, 0.25) is 0 Å². The van der Waals surface area contributed by atoms with Crippen LogP contribution in [0.15, 0.2) is 0 Å². The van der Waals surface area contributed by atoms with Gasteiger partial charge in [0.25, 0.3) is 0 Å². The zero-order chi connectivity index (χ0) is 9.03. The van der Waals surface area contributed by atoms with Gasteiger partial charge in [0.2, 0.25) is 0 Å². The van der Waals surface area contributed by atoms with E-state index in [-0.39, 0.29) is 0 Å². The van der Waals surface area contributed by atoms with Gasteiger partial charge in [-0.05, 0) is 44.9 Å². The molecule has 0 aromatic heterocycles. The highest BCUT2D eigenvalue weighted by atomic mass is 15.1. The van der Waals surface area contributed by atoms with Crippen molar-refractivity contribution in [2.45, 2.75) is 26.7 Å². The van der Waals surface area contributed by atoms with Crippen LogP contribution in [-0.2, 0) is 0 Å². The van der Waals surface area contributed by atoms with Gasteiger partial charge in [0, 0.05) is 6.54 Å². The minimum absolute atomic E-state index is 0.569. The molecule has 1 aliphatic rings. The SMILES string of the molecule is CNCCCN1CCC(C)(C)C1. The van der Waals surface area contributed by atoms with Crippen molar-refractivity contribution in [1.82, 2.24) is 10.2 Å². The van der Waals surface area contributed by atoms with Crippen molar-refractivity contribution in [2.75, 3.05) is 33.2 Å². The van der Waals surface area contributed by atoms with Crippen molar-refractivity contribution >= 4 is 0 Å². The lowest BCUT2D eigenvalue weighted by atomic mass is 9.93. The summed E-state index contributed by atoms with van der Waals surface area (Å²) in [5.74, 6) is 0. The Morgan fingerprint density at radius 2 is 2.17 bits per heavy atom. The number of likely N-dealkylation sites (tertiary alicyclic amines) is 1. The van der Waals surface area contributed by atoms with Gasteiger partial charge in [0.15, 0.2) is 0 Å². The topological polar surface area (TPSA) is 15.3 Å². The molecule has 1 heterocycles. The first-order valence-corrected chi connectivity index (χ1v) is 5.01. The van der Waals surface area contributed by atoms with Crippen LogP contribution in [0.4, 0.5) is 0 Å². The van der Waals surface area contributed by atoms with Gasteiger partial charge in [-0.2, -0.15) is 0 Å². The van der Waals surface area contributed by atoms with E-state index in [0.717, 1.165) is 6.54 Å². The Hall–Kier alpha value is -0.0800. The van der Waals surface area contributed by atoms with Crippen molar-refractivity contribution in [2.24, 2.45) is 5.41 Å². The molecule has 12 heavy (non-hydrogen) atoms. The highest BCUT2D eigenvalue weighted by molar-refractivity contribution is 4.82. The van der Waals surface area contributed by atoms with Gasteiger partial charge in [-0.25, -0.2) is 0 Å². The van der Waals surface area contributed by atoms with Gasteiger partial charge in [-0.3, -0.25) is 0 Å². The molecule has 1 N–H and O–H groups in total. The van der Waals surface area contributed by atoms with Crippen molar-refractivity contribution in [3.63, 3.8) is 0 Å². The van der Waals surface area contributed by atoms with E-state index < -0.39 is 0 Å². The molecule has 2 nitrogen and oxygen atoms in total. The van der Waals surface area contributed by atoms with E-state index in [1.165, 1.54) is 32.5 Å². The predicted octanol–water partition coefficient (Wildman–Crippen LogP) is 1.33. The fourth-order valence-electron chi connectivity index (χ4n) is 1.89. The summed E-state index contributed by atoms with van der Waals surface area (Å²) in [4.78, 5) is 2.58. The third-order valence-corrected chi connectivity index (χ3v) is 2.66. The van der Waals surface area contributed by atoms with Crippen molar-refractivity contribution in [3.8, 4) is 0 Å². The molecule has 0 aromatic carbocycles. The van der Waals surface area contributed by atoms with E-state index in [1.54, 1.807) is 0 Å². The van der Waals surface area contributed by atoms with Crippen molar-refractivity contribution in [3.05, 3.63) is 0 Å². The number of hydrogen-bond acceptors (Lipinski definition) is 2. The Labute approximate surface area is 76.3 Å². The first kappa shape index (κ1) is 10.0. The van der Waals surface area contributed by atoms with Crippen LogP contribution in [0.1, 0.15) is 26.7 Å². The third kappa shape index (κ3) is 3.11. The summed E-state index contributed by atoms with van der Waals surface area (Å²) in [6.45, 7) is 9.74. The number of nitrogens with zero attached hydrogens (tertiary/aromatic N) is 1. The first-order chi connectivity index (χ1) is 5.64. The second kappa shape index (κ2) is 4.24. The van der Waals surface area contributed by atoms with E-state index in [0.29, 0.717) is 5.41 Å². The maximum atomic E-state index is 3.19. The fourth-order valence-corrected chi connectivity index (χ4v) is 1.89. The molecule has 1 rings (SSSR count). The van der Waals surface area contributed by atoms with Gasteiger partial charge in [0.05, 0.1) is 0 Å². The normalized spacial score (nSPS) is 23.2. The van der Waals surface area contributed by atoms with Crippen LogP contribution in [0, 0.1) is 5.41 Å². The second-order valence-electron chi connectivity index (χ2n) is 4.65. The Morgan fingerprint density at radius 1 is 1.42 bits per heavy atom. The minimum Gasteiger partial charge on any atom is -0.320 e. The van der Waals surface area contributed by atoms with Crippen LogP contribution in [0.5, 0.6) is 0 Å². The molecule has 0 atom stereocenters. The average Bonchev–Trinajstić information content (AvgIpc) is 2.31. The third-order valence-electron chi connectivity index (χ3n) is 2.66. The van der Waals surface area contributed by atoms with Crippen LogP contribution >= 0.6 is 0 Å². The summed E-state index contributed by atoms with van der Waals surface area (Å²) in [7, 11) is 2.02. The molecule has 0 unspecified atom stereocenters. The van der Waals surface area contributed by atoms with Gasteiger partial charge in [-0.15, -0.1) is 0 Å². The monoisotopic (exact) mass is 170 g/mol. The molecule has 0 amide bonds. The van der Waals surface area contributed by atoms with E-state index in [9.17, 15) is 0 Å². The summed E-state index contributed by atoms with van der Waals surface area (Å²) >= 11 is 0. The lowest BCUT2D eigenvalue weighted by molar-refractivity contribution is 0.287. The molecule has 1 saturated heterocycles. The van der Waals surface area contributed by atoms with Gasteiger partial charge >= 0.3 is 0 Å². The molecule has 1 aliphatic heterocycles. The standard InChI is InChI=1S/C10H22N2/c1-10(2)5-8-12(9-10)7-4-6-11-3/h11H,4-9H2,1-3H3. The van der Waals surface area contributed by atoms with Crippen LogP contribution in [0.3, 0.4) is 0 Å². The minimum atomic E-state index is 0.569. The molecule has 72 valence electrons. The highest BCUT2D eigenvalue weighted by Crippen LogP contribution is 2.28. The van der Waals surface area contributed by atoms with Crippen molar-refractivity contribution in [1.29, 1.82) is 0 Å². The number of hydrogen-bond donors (Lipinski definition) is 1. The Morgan fingerprint density at radius 3 is 2.67 bits per heavy atom. The van der Waals surface area contributed by atoms with Gasteiger partial charge in [0.1, 0.15) is 0 Å². The summed E-state index contributed by atoms with van der Waals surface area (Å²) in [6, 6.07) is 0. The molecule has 0 saturated carbocycles. The Balaban J connectivity index is 2.11. The van der Waals surface area contributed by atoms with Gasteiger partial charge in [-0.1, -0.05) is 13.8 Å². The largest absolute Gasteiger partial charge is 0.320 e. The average molecular weight is 170 g/mol. The van der Waals surface area contributed by atoms with Gasteiger partial charge < -0.3 is 10.2 Å². The zero-order valence-electron chi connectivity index (χ0n) is 8.69. The number of rotatable bonds is 4. The molecule has 0 spiro atoms. The smallest absolute Gasteiger partial charge is 0.00332 e. The lowest BCUT2D eigenvalue weighted by Crippen LogP contribution is -2.26. The van der Waals surface area contributed by atoms with E-state index in [2.05, 4.69) is 24.1 Å². The summed E-state index contributed by atoms with van der Waals surface area (Å²) in [5.41, 5.74) is 0.569. The second-order valence-corrected chi connectivity index (χ2v) is 4.65.